The summed E-state index contributed by atoms with van der Waals surface area (Å²) >= 11 is 5.92. The van der Waals surface area contributed by atoms with Crippen molar-refractivity contribution in [2.75, 3.05) is 13.1 Å². The third-order valence-corrected chi connectivity index (χ3v) is 5.36. The number of aromatic nitrogens is 3. The Morgan fingerprint density at radius 1 is 1.14 bits per heavy atom. The molecule has 3 heterocycles. The molecule has 1 saturated heterocycles. The van der Waals surface area contributed by atoms with Gasteiger partial charge in [-0.15, -0.1) is 0 Å². The van der Waals surface area contributed by atoms with Crippen LogP contribution in [0.5, 0.6) is 0 Å². The van der Waals surface area contributed by atoms with Crippen molar-refractivity contribution in [3.63, 3.8) is 0 Å². The number of nitrogens with one attached hydrogen (secondary N) is 1. The van der Waals surface area contributed by atoms with Crippen molar-refractivity contribution in [3.8, 4) is 11.4 Å². The van der Waals surface area contributed by atoms with Gasteiger partial charge in [0.15, 0.2) is 0 Å². The number of nitrogens with zero attached hydrogens (tertiary/aromatic N) is 4. The van der Waals surface area contributed by atoms with Crippen LogP contribution >= 0.6 is 11.6 Å². The molecule has 8 heteroatoms. The van der Waals surface area contributed by atoms with Gasteiger partial charge >= 0.3 is 0 Å². The van der Waals surface area contributed by atoms with E-state index >= 15 is 0 Å². The molecule has 3 aromatic rings. The summed E-state index contributed by atoms with van der Waals surface area (Å²) in [6.07, 6.45) is 5.10. The topological polar surface area (TPSA) is 84.2 Å². The molecule has 0 saturated carbocycles. The Labute approximate surface area is 174 Å². The number of amides is 1. The highest BCUT2D eigenvalue weighted by Crippen LogP contribution is 2.21. The molecule has 0 unspecified atom stereocenters. The Kier molecular flexibility index (Phi) is 6.17. The maximum atomic E-state index is 12.4. The summed E-state index contributed by atoms with van der Waals surface area (Å²) in [6, 6.07) is 11.2. The Morgan fingerprint density at radius 3 is 2.59 bits per heavy atom. The fourth-order valence-electron chi connectivity index (χ4n) is 3.41. The molecule has 1 fully saturated rings. The molecule has 4 rings (SSSR count). The van der Waals surface area contributed by atoms with Crippen LogP contribution in [0.1, 0.15) is 24.3 Å². The lowest BCUT2D eigenvalue weighted by molar-refractivity contribution is -0.126. The van der Waals surface area contributed by atoms with E-state index in [1.165, 1.54) is 0 Å². The first-order valence-corrected chi connectivity index (χ1v) is 10.0. The molecular formula is C21H22ClN5O2. The molecule has 1 amide bonds. The molecule has 1 aliphatic heterocycles. The first-order valence-electron chi connectivity index (χ1n) is 9.65. The first-order chi connectivity index (χ1) is 14.2. The number of carbonyl (C=O) groups excluding carboxylic acids is 1. The predicted molar refractivity (Wildman–Crippen MR) is 109 cm³/mol. The molecule has 1 aliphatic rings. The molecule has 1 N–H and O–H groups in total. The molecule has 0 atom stereocenters. The zero-order chi connectivity index (χ0) is 20.1. The van der Waals surface area contributed by atoms with E-state index in [-0.39, 0.29) is 11.8 Å². The van der Waals surface area contributed by atoms with Gasteiger partial charge in [0.1, 0.15) is 0 Å². The lowest BCUT2D eigenvalue weighted by Crippen LogP contribution is -2.40. The molecule has 7 nitrogen and oxygen atoms in total. The van der Waals surface area contributed by atoms with Gasteiger partial charge in [-0.05, 0) is 67.9 Å². The van der Waals surface area contributed by atoms with Gasteiger partial charge in [-0.2, -0.15) is 4.98 Å². The average molecular weight is 412 g/mol. The van der Waals surface area contributed by atoms with Crippen LogP contribution in [0.3, 0.4) is 0 Å². The van der Waals surface area contributed by atoms with Crippen LogP contribution in [-0.2, 0) is 17.9 Å². The number of hydrogen-bond acceptors (Lipinski definition) is 6. The maximum absolute atomic E-state index is 12.4. The summed E-state index contributed by atoms with van der Waals surface area (Å²) in [5.74, 6) is 1.29. The zero-order valence-corrected chi connectivity index (χ0v) is 16.7. The van der Waals surface area contributed by atoms with E-state index in [9.17, 15) is 4.79 Å². The summed E-state index contributed by atoms with van der Waals surface area (Å²) in [5.41, 5.74) is 1.92. The van der Waals surface area contributed by atoms with E-state index in [1.807, 2.05) is 24.3 Å². The third-order valence-electron chi connectivity index (χ3n) is 5.10. The number of pyridine rings is 1. The molecule has 0 spiro atoms. The molecule has 29 heavy (non-hydrogen) atoms. The van der Waals surface area contributed by atoms with Crippen LogP contribution in [0.25, 0.3) is 11.4 Å². The van der Waals surface area contributed by atoms with Gasteiger partial charge in [0.05, 0.1) is 6.54 Å². The summed E-state index contributed by atoms with van der Waals surface area (Å²) in [5, 5.41) is 7.75. The number of hydrogen-bond donors (Lipinski definition) is 1. The van der Waals surface area contributed by atoms with E-state index in [0.29, 0.717) is 29.8 Å². The fraction of sp³-hybridized carbons (Fsp3) is 0.333. The standard InChI is InChI=1S/C21H22ClN5O2/c22-18-3-1-16(2-4-18)20-25-19(29-26-20)14-27-11-7-17(8-12-27)21(28)24-13-15-5-9-23-10-6-15/h1-6,9-10,17H,7-8,11-14H2,(H,24,28). The molecular weight excluding hydrogens is 390 g/mol. The van der Waals surface area contributed by atoms with Crippen molar-refractivity contribution in [2.45, 2.75) is 25.9 Å². The monoisotopic (exact) mass is 411 g/mol. The first kappa shape index (κ1) is 19.5. The summed E-state index contributed by atoms with van der Waals surface area (Å²) < 4.78 is 5.39. The van der Waals surface area contributed by atoms with Gasteiger partial charge in [-0.1, -0.05) is 16.8 Å². The second kappa shape index (κ2) is 9.15. The van der Waals surface area contributed by atoms with Crippen LogP contribution in [0.4, 0.5) is 0 Å². The number of piperidine rings is 1. The minimum atomic E-state index is 0.0420. The summed E-state index contributed by atoms with van der Waals surface area (Å²) in [6.45, 7) is 2.78. The second-order valence-corrected chi connectivity index (χ2v) is 7.58. The van der Waals surface area contributed by atoms with Crippen molar-refractivity contribution < 1.29 is 9.32 Å². The SMILES string of the molecule is O=C(NCc1ccncc1)C1CCN(Cc2nc(-c3ccc(Cl)cc3)no2)CC1. The molecule has 0 aliphatic carbocycles. The number of halogens is 1. The molecule has 1 aromatic carbocycles. The highest BCUT2D eigenvalue weighted by Gasteiger charge is 2.25. The number of benzene rings is 1. The quantitative estimate of drug-likeness (QED) is 0.669. The Hall–Kier alpha value is -2.77. The molecule has 0 bridgehead atoms. The highest BCUT2D eigenvalue weighted by molar-refractivity contribution is 6.30. The number of carbonyl (C=O) groups is 1. The van der Waals surface area contributed by atoms with Crippen LogP contribution < -0.4 is 5.32 Å². The van der Waals surface area contributed by atoms with Crippen LogP contribution in [-0.4, -0.2) is 39.0 Å². The van der Waals surface area contributed by atoms with E-state index in [2.05, 4.69) is 25.3 Å². The lowest BCUT2D eigenvalue weighted by Gasteiger charge is -2.30. The largest absolute Gasteiger partial charge is 0.352 e. The van der Waals surface area contributed by atoms with Gasteiger partial charge in [-0.3, -0.25) is 14.7 Å². The molecule has 150 valence electrons. The smallest absolute Gasteiger partial charge is 0.241 e. The summed E-state index contributed by atoms with van der Waals surface area (Å²) in [7, 11) is 0. The van der Waals surface area contributed by atoms with Crippen molar-refractivity contribution in [3.05, 3.63) is 65.3 Å². The van der Waals surface area contributed by atoms with E-state index < -0.39 is 0 Å². The van der Waals surface area contributed by atoms with Crippen molar-refractivity contribution >= 4 is 17.5 Å². The van der Waals surface area contributed by atoms with Gasteiger partial charge in [-0.25, -0.2) is 0 Å². The van der Waals surface area contributed by atoms with Crippen LogP contribution in [0.15, 0.2) is 53.3 Å². The minimum Gasteiger partial charge on any atom is -0.352 e. The Balaban J connectivity index is 1.25. The van der Waals surface area contributed by atoms with E-state index in [4.69, 9.17) is 16.1 Å². The second-order valence-electron chi connectivity index (χ2n) is 7.14. The van der Waals surface area contributed by atoms with Gasteiger partial charge in [0.25, 0.3) is 0 Å². The predicted octanol–water partition coefficient (Wildman–Crippen LogP) is 3.31. The lowest BCUT2D eigenvalue weighted by atomic mass is 9.96. The summed E-state index contributed by atoms with van der Waals surface area (Å²) in [4.78, 5) is 23.1. The van der Waals surface area contributed by atoms with E-state index in [0.717, 1.165) is 37.1 Å². The Bertz CT molecular complexity index is 937. The minimum absolute atomic E-state index is 0.0420. The van der Waals surface area contributed by atoms with Crippen molar-refractivity contribution in [1.82, 2.24) is 25.3 Å². The fourth-order valence-corrected chi connectivity index (χ4v) is 3.54. The van der Waals surface area contributed by atoms with Crippen LogP contribution in [0, 0.1) is 5.92 Å². The number of rotatable bonds is 6. The molecule has 0 radical (unpaired) electrons. The normalized spacial score (nSPS) is 15.3. The van der Waals surface area contributed by atoms with Gasteiger partial charge < -0.3 is 9.84 Å². The van der Waals surface area contributed by atoms with Crippen LogP contribution in [0.2, 0.25) is 5.02 Å². The van der Waals surface area contributed by atoms with Gasteiger partial charge in [0, 0.05) is 35.4 Å². The third kappa shape index (κ3) is 5.19. The number of likely N-dealkylation sites (tertiary alicyclic amines) is 1. The van der Waals surface area contributed by atoms with Gasteiger partial charge in [0.2, 0.25) is 17.6 Å². The zero-order valence-electron chi connectivity index (χ0n) is 15.9. The van der Waals surface area contributed by atoms with E-state index in [1.54, 1.807) is 24.5 Å². The average Bonchev–Trinajstić information content (AvgIpc) is 3.22. The Morgan fingerprint density at radius 2 is 1.86 bits per heavy atom. The maximum Gasteiger partial charge on any atom is 0.241 e. The highest BCUT2D eigenvalue weighted by atomic mass is 35.5. The van der Waals surface area contributed by atoms with Crippen molar-refractivity contribution in [2.24, 2.45) is 5.92 Å². The van der Waals surface area contributed by atoms with Crippen molar-refractivity contribution in [1.29, 1.82) is 0 Å². The molecule has 2 aromatic heterocycles.